The van der Waals surface area contributed by atoms with Crippen LogP contribution in [0.1, 0.15) is 47.2 Å². The molecule has 2 aromatic carbocycles. The van der Waals surface area contributed by atoms with Gasteiger partial charge >= 0.3 is 0 Å². The molecule has 26 heavy (non-hydrogen) atoms. The predicted octanol–water partition coefficient (Wildman–Crippen LogP) is 3.24. The minimum absolute atomic E-state index is 0.148. The summed E-state index contributed by atoms with van der Waals surface area (Å²) >= 11 is 0. The monoisotopic (exact) mass is 349 g/mol. The predicted molar refractivity (Wildman–Crippen MR) is 102 cm³/mol. The van der Waals surface area contributed by atoms with Crippen molar-refractivity contribution in [3.63, 3.8) is 0 Å². The van der Waals surface area contributed by atoms with Crippen molar-refractivity contribution in [2.45, 2.75) is 32.1 Å². The van der Waals surface area contributed by atoms with Crippen LogP contribution in [-0.2, 0) is 11.2 Å². The average molecular weight is 349 g/mol. The summed E-state index contributed by atoms with van der Waals surface area (Å²) in [4.78, 5) is 24.0. The second-order valence-electron chi connectivity index (χ2n) is 6.17. The first-order chi connectivity index (χ1) is 12.6. The van der Waals surface area contributed by atoms with E-state index in [9.17, 15) is 9.59 Å². The number of Topliss-reactive ketones (excluding diaryl/α,β-unsaturated/α-hetero) is 1. The summed E-state index contributed by atoms with van der Waals surface area (Å²) in [5.74, 6) is 0.0367. The number of rotatable bonds is 9. The molecule has 0 aromatic heterocycles. The zero-order valence-electron chi connectivity index (χ0n) is 14.7. The van der Waals surface area contributed by atoms with Crippen molar-refractivity contribution in [1.82, 2.24) is 5.32 Å². The van der Waals surface area contributed by atoms with Gasteiger partial charge in [0.15, 0.2) is 0 Å². The number of hydrogen-bond acceptors (Lipinski definition) is 4. The van der Waals surface area contributed by atoms with Gasteiger partial charge in [0.05, 0.1) is 11.6 Å². The van der Waals surface area contributed by atoms with Crippen LogP contribution in [0.3, 0.4) is 0 Å². The highest BCUT2D eigenvalue weighted by Crippen LogP contribution is 2.13. The van der Waals surface area contributed by atoms with Gasteiger partial charge in [-0.15, -0.1) is 0 Å². The van der Waals surface area contributed by atoms with Gasteiger partial charge in [-0.2, -0.15) is 5.26 Å². The van der Waals surface area contributed by atoms with E-state index >= 15 is 0 Å². The molecule has 0 saturated heterocycles. The Balaban J connectivity index is 1.60. The minimum atomic E-state index is -0.148. The third kappa shape index (κ3) is 6.06. The largest absolute Gasteiger partial charge is 0.398 e. The highest BCUT2D eigenvalue weighted by atomic mass is 16.1. The normalized spacial score (nSPS) is 10.1. The van der Waals surface area contributed by atoms with Crippen LogP contribution in [0, 0.1) is 11.3 Å². The molecule has 5 nitrogen and oxygen atoms in total. The maximum atomic E-state index is 12.0. The Bertz CT molecular complexity index is 792. The third-order valence-corrected chi connectivity index (χ3v) is 4.14. The molecule has 0 bridgehead atoms. The number of nitrogens with one attached hydrogen (secondary N) is 1. The summed E-state index contributed by atoms with van der Waals surface area (Å²) < 4.78 is 0. The number of carbonyl (C=O) groups excluding carboxylic acids is 2. The molecule has 0 aliphatic carbocycles. The summed E-state index contributed by atoms with van der Waals surface area (Å²) in [5.41, 5.74) is 8.46. The summed E-state index contributed by atoms with van der Waals surface area (Å²) in [5, 5.41) is 11.6. The lowest BCUT2D eigenvalue weighted by Crippen LogP contribution is -2.24. The topological polar surface area (TPSA) is 96.0 Å². The van der Waals surface area contributed by atoms with E-state index in [1.54, 1.807) is 30.3 Å². The molecule has 3 N–H and O–H groups in total. The Morgan fingerprint density at radius 3 is 2.42 bits per heavy atom. The van der Waals surface area contributed by atoms with Crippen LogP contribution in [0.5, 0.6) is 0 Å². The van der Waals surface area contributed by atoms with Crippen molar-refractivity contribution in [1.29, 1.82) is 5.26 Å². The van der Waals surface area contributed by atoms with Gasteiger partial charge in [0, 0.05) is 30.6 Å². The number of para-hydroxylation sites is 1. The van der Waals surface area contributed by atoms with Crippen LogP contribution in [-0.4, -0.2) is 18.2 Å². The van der Waals surface area contributed by atoms with Crippen LogP contribution < -0.4 is 11.1 Å². The van der Waals surface area contributed by atoms with E-state index < -0.39 is 0 Å². The number of benzene rings is 2. The molecular weight excluding hydrogens is 326 g/mol. The maximum absolute atomic E-state index is 12.0. The molecule has 1 amide bonds. The van der Waals surface area contributed by atoms with Crippen molar-refractivity contribution < 1.29 is 9.59 Å². The van der Waals surface area contributed by atoms with Gasteiger partial charge in [0.25, 0.3) is 5.91 Å². The molecular formula is C21H23N3O2. The molecule has 134 valence electrons. The van der Waals surface area contributed by atoms with Crippen LogP contribution in [0.15, 0.2) is 48.5 Å². The van der Waals surface area contributed by atoms with Crippen LogP contribution in [0.2, 0.25) is 0 Å². The maximum Gasteiger partial charge on any atom is 0.251 e. The number of ketones is 1. The minimum Gasteiger partial charge on any atom is -0.398 e. The van der Waals surface area contributed by atoms with E-state index in [2.05, 4.69) is 5.32 Å². The molecule has 0 fully saturated rings. The Kier molecular flexibility index (Phi) is 7.38. The lowest BCUT2D eigenvalue weighted by molar-refractivity contribution is -0.118. The van der Waals surface area contributed by atoms with Crippen molar-refractivity contribution in [3.05, 3.63) is 65.2 Å². The number of nitrogen functional groups attached to an aromatic ring is 1. The number of amides is 1. The molecule has 0 aliphatic heterocycles. The summed E-state index contributed by atoms with van der Waals surface area (Å²) in [6.07, 6.45) is 3.41. The zero-order chi connectivity index (χ0) is 18.8. The zero-order valence-corrected chi connectivity index (χ0v) is 14.7. The fourth-order valence-electron chi connectivity index (χ4n) is 2.62. The summed E-state index contributed by atoms with van der Waals surface area (Å²) in [6, 6.07) is 16.0. The summed E-state index contributed by atoms with van der Waals surface area (Å²) in [7, 11) is 0. The van der Waals surface area contributed by atoms with Crippen LogP contribution in [0.25, 0.3) is 0 Å². The number of nitrogens with zero attached hydrogens (tertiary/aromatic N) is 1. The third-order valence-electron chi connectivity index (χ3n) is 4.14. The van der Waals surface area contributed by atoms with E-state index in [-0.39, 0.29) is 11.7 Å². The number of hydrogen-bond donors (Lipinski definition) is 2. The number of unbranched alkanes of at least 4 members (excludes halogenated alkanes) is 2. The van der Waals surface area contributed by atoms with Crippen molar-refractivity contribution in [3.8, 4) is 6.07 Å². The van der Waals surface area contributed by atoms with E-state index in [4.69, 9.17) is 11.0 Å². The van der Waals surface area contributed by atoms with Gasteiger partial charge in [-0.25, -0.2) is 0 Å². The molecule has 0 atom stereocenters. The first-order valence-corrected chi connectivity index (χ1v) is 8.73. The molecule has 0 spiro atoms. The van der Waals surface area contributed by atoms with Crippen LogP contribution >= 0.6 is 0 Å². The average Bonchev–Trinajstić information content (AvgIpc) is 2.66. The van der Waals surface area contributed by atoms with Gasteiger partial charge in [0.1, 0.15) is 5.78 Å². The first kappa shape index (κ1) is 19.2. The van der Waals surface area contributed by atoms with Gasteiger partial charge in [-0.1, -0.05) is 24.6 Å². The SMILES string of the molecule is N#Cc1ccc(C(=O)NCCCCCC(=O)Cc2ccccc2N)cc1. The quantitative estimate of drug-likeness (QED) is 0.536. The van der Waals surface area contributed by atoms with Crippen LogP contribution in [0.4, 0.5) is 5.69 Å². The van der Waals surface area contributed by atoms with Gasteiger partial charge in [0.2, 0.25) is 0 Å². The molecule has 0 heterocycles. The van der Waals surface area contributed by atoms with Crippen molar-refractivity contribution >= 4 is 17.4 Å². The van der Waals surface area contributed by atoms with E-state index in [1.807, 2.05) is 24.3 Å². The number of carbonyl (C=O) groups is 2. The Morgan fingerprint density at radius 1 is 1.00 bits per heavy atom. The first-order valence-electron chi connectivity index (χ1n) is 8.73. The number of nitriles is 1. The lowest BCUT2D eigenvalue weighted by Gasteiger charge is -2.06. The Labute approximate surface area is 153 Å². The highest BCUT2D eigenvalue weighted by Gasteiger charge is 2.07. The smallest absolute Gasteiger partial charge is 0.251 e. The molecule has 2 rings (SSSR count). The van der Waals surface area contributed by atoms with Crippen molar-refractivity contribution in [2.75, 3.05) is 12.3 Å². The number of nitrogens with two attached hydrogens (primary N) is 1. The van der Waals surface area contributed by atoms with Crippen molar-refractivity contribution in [2.24, 2.45) is 0 Å². The van der Waals surface area contributed by atoms with E-state index in [0.29, 0.717) is 36.2 Å². The molecule has 0 saturated carbocycles. The summed E-state index contributed by atoms with van der Waals surface area (Å²) in [6.45, 7) is 0.568. The van der Waals surface area contributed by atoms with Gasteiger partial charge in [-0.3, -0.25) is 9.59 Å². The second-order valence-corrected chi connectivity index (χ2v) is 6.17. The Morgan fingerprint density at radius 2 is 1.73 bits per heavy atom. The molecule has 0 unspecified atom stereocenters. The standard InChI is InChI=1S/C21H23N3O2/c22-15-16-9-11-17(12-10-16)21(26)24-13-5-1-2-7-19(25)14-18-6-3-4-8-20(18)23/h3-4,6,8-12H,1-2,5,7,13-14,23H2,(H,24,26). The van der Waals surface area contributed by atoms with Gasteiger partial charge < -0.3 is 11.1 Å². The molecule has 0 radical (unpaired) electrons. The molecule has 0 aliphatic rings. The fraction of sp³-hybridized carbons (Fsp3) is 0.286. The highest BCUT2D eigenvalue weighted by molar-refractivity contribution is 5.94. The Hall–Kier alpha value is -3.13. The van der Waals surface area contributed by atoms with E-state index in [1.165, 1.54) is 0 Å². The molecule has 5 heteroatoms. The van der Waals surface area contributed by atoms with E-state index in [0.717, 1.165) is 24.8 Å². The van der Waals surface area contributed by atoms with Gasteiger partial charge in [-0.05, 0) is 48.7 Å². The lowest BCUT2D eigenvalue weighted by atomic mass is 10.0. The number of anilines is 1. The second kappa shape index (κ2) is 10.00. The fourth-order valence-corrected chi connectivity index (χ4v) is 2.62. The molecule has 2 aromatic rings.